The number of rotatable bonds is 5. The second kappa shape index (κ2) is 6.69. The van der Waals surface area contributed by atoms with E-state index in [1.807, 2.05) is 25.1 Å². The van der Waals surface area contributed by atoms with E-state index in [9.17, 15) is 9.00 Å². The van der Waals surface area contributed by atoms with Crippen molar-refractivity contribution < 1.29 is 9.00 Å². The van der Waals surface area contributed by atoms with Crippen molar-refractivity contribution in [2.75, 3.05) is 6.26 Å². The van der Waals surface area contributed by atoms with Crippen molar-refractivity contribution in [3.8, 4) is 0 Å². The summed E-state index contributed by atoms with van der Waals surface area (Å²) in [6.07, 6.45) is 1.66. The van der Waals surface area contributed by atoms with E-state index >= 15 is 0 Å². The SMILES string of the molecule is CC(C)C(C)NC(=O)c1cccc(CS(C)=O)c1. The average Bonchev–Trinajstić information content (AvgIpc) is 2.28. The zero-order chi connectivity index (χ0) is 13.7. The van der Waals surface area contributed by atoms with Crippen molar-refractivity contribution in [1.82, 2.24) is 5.32 Å². The molecule has 2 atom stereocenters. The molecule has 0 aliphatic rings. The van der Waals surface area contributed by atoms with E-state index < -0.39 is 10.8 Å². The Morgan fingerprint density at radius 1 is 1.33 bits per heavy atom. The lowest BCUT2D eigenvalue weighted by Crippen LogP contribution is -2.36. The molecule has 0 aliphatic heterocycles. The molecule has 0 radical (unpaired) electrons. The third-order valence-electron chi connectivity index (χ3n) is 2.92. The molecular weight excluding hydrogens is 246 g/mol. The van der Waals surface area contributed by atoms with E-state index in [0.29, 0.717) is 17.2 Å². The molecule has 1 aromatic carbocycles. The summed E-state index contributed by atoms with van der Waals surface area (Å²) in [6.45, 7) is 6.14. The molecule has 2 unspecified atom stereocenters. The molecule has 18 heavy (non-hydrogen) atoms. The number of carbonyl (C=O) groups excluding carboxylic acids is 1. The van der Waals surface area contributed by atoms with Crippen molar-refractivity contribution in [3.05, 3.63) is 35.4 Å². The van der Waals surface area contributed by atoms with Crippen LogP contribution in [-0.4, -0.2) is 22.4 Å². The Morgan fingerprint density at radius 2 is 2.00 bits per heavy atom. The van der Waals surface area contributed by atoms with E-state index in [1.54, 1.807) is 12.3 Å². The van der Waals surface area contributed by atoms with Crippen LogP contribution in [0.5, 0.6) is 0 Å². The number of nitrogens with one attached hydrogen (secondary N) is 1. The van der Waals surface area contributed by atoms with Crippen LogP contribution in [0, 0.1) is 5.92 Å². The molecular formula is C14H21NO2S. The molecule has 0 aromatic heterocycles. The monoisotopic (exact) mass is 267 g/mol. The summed E-state index contributed by atoms with van der Waals surface area (Å²) in [5.41, 5.74) is 1.56. The fourth-order valence-corrected chi connectivity index (χ4v) is 2.14. The first-order valence-corrected chi connectivity index (χ1v) is 7.82. The van der Waals surface area contributed by atoms with E-state index in [-0.39, 0.29) is 11.9 Å². The van der Waals surface area contributed by atoms with Crippen LogP contribution in [-0.2, 0) is 16.6 Å². The molecule has 0 aliphatic carbocycles. The van der Waals surface area contributed by atoms with Crippen molar-refractivity contribution >= 4 is 16.7 Å². The molecule has 1 amide bonds. The fourth-order valence-electron chi connectivity index (χ4n) is 1.49. The quantitative estimate of drug-likeness (QED) is 0.890. The summed E-state index contributed by atoms with van der Waals surface area (Å²) >= 11 is 0. The molecule has 1 N–H and O–H groups in total. The molecule has 3 nitrogen and oxygen atoms in total. The summed E-state index contributed by atoms with van der Waals surface area (Å²) in [5, 5.41) is 2.96. The highest BCUT2D eigenvalue weighted by atomic mass is 32.2. The van der Waals surface area contributed by atoms with Crippen LogP contribution in [0.1, 0.15) is 36.7 Å². The zero-order valence-corrected chi connectivity index (χ0v) is 12.2. The summed E-state index contributed by atoms with van der Waals surface area (Å²) in [5.74, 6) is 0.820. The van der Waals surface area contributed by atoms with Gasteiger partial charge in [-0.25, -0.2) is 0 Å². The van der Waals surface area contributed by atoms with E-state index in [0.717, 1.165) is 5.56 Å². The van der Waals surface area contributed by atoms with Crippen LogP contribution in [0.3, 0.4) is 0 Å². The molecule has 0 bridgehead atoms. The molecule has 100 valence electrons. The summed E-state index contributed by atoms with van der Waals surface area (Å²) < 4.78 is 11.2. The van der Waals surface area contributed by atoms with Crippen molar-refractivity contribution in [2.24, 2.45) is 5.92 Å². The molecule has 4 heteroatoms. The van der Waals surface area contributed by atoms with Crippen LogP contribution >= 0.6 is 0 Å². The van der Waals surface area contributed by atoms with Gasteiger partial charge in [0, 0.05) is 34.4 Å². The van der Waals surface area contributed by atoms with Gasteiger partial charge in [0.1, 0.15) is 0 Å². The Kier molecular flexibility index (Phi) is 5.54. The minimum atomic E-state index is -0.888. The zero-order valence-electron chi connectivity index (χ0n) is 11.4. The number of benzene rings is 1. The fraction of sp³-hybridized carbons (Fsp3) is 0.500. The van der Waals surface area contributed by atoms with Crippen molar-refractivity contribution in [2.45, 2.75) is 32.6 Å². The van der Waals surface area contributed by atoms with Gasteiger partial charge in [-0.15, -0.1) is 0 Å². The van der Waals surface area contributed by atoms with Gasteiger partial charge >= 0.3 is 0 Å². The number of hydrogen-bond acceptors (Lipinski definition) is 2. The van der Waals surface area contributed by atoms with Gasteiger partial charge in [0.15, 0.2) is 0 Å². The van der Waals surface area contributed by atoms with Gasteiger partial charge in [-0.2, -0.15) is 0 Å². The van der Waals surface area contributed by atoms with E-state index in [1.165, 1.54) is 0 Å². The van der Waals surface area contributed by atoms with Gasteiger partial charge in [0.2, 0.25) is 0 Å². The molecule has 0 saturated heterocycles. The highest BCUT2D eigenvalue weighted by molar-refractivity contribution is 7.83. The Labute approximate surface area is 111 Å². The maximum Gasteiger partial charge on any atom is 0.251 e. The summed E-state index contributed by atoms with van der Waals surface area (Å²) in [4.78, 5) is 12.0. The van der Waals surface area contributed by atoms with E-state index in [4.69, 9.17) is 0 Å². The van der Waals surface area contributed by atoms with E-state index in [2.05, 4.69) is 19.2 Å². The molecule has 1 rings (SSSR count). The Balaban J connectivity index is 2.77. The average molecular weight is 267 g/mol. The third kappa shape index (κ3) is 4.61. The maximum absolute atomic E-state index is 12.0. The van der Waals surface area contributed by atoms with Crippen LogP contribution in [0.4, 0.5) is 0 Å². The lowest BCUT2D eigenvalue weighted by Gasteiger charge is -2.17. The highest BCUT2D eigenvalue weighted by Gasteiger charge is 2.12. The smallest absolute Gasteiger partial charge is 0.251 e. The molecule has 1 aromatic rings. The molecule has 0 fully saturated rings. The standard InChI is InChI=1S/C14H21NO2S/c1-10(2)11(3)15-14(16)13-7-5-6-12(8-13)9-18(4)17/h5-8,10-11H,9H2,1-4H3,(H,15,16). The Bertz CT molecular complexity index is 443. The Hall–Kier alpha value is -1.16. The minimum absolute atomic E-state index is 0.0695. The normalized spacial score (nSPS) is 14.3. The highest BCUT2D eigenvalue weighted by Crippen LogP contribution is 2.09. The first-order chi connectivity index (χ1) is 8.40. The van der Waals surface area contributed by atoms with Gasteiger partial charge < -0.3 is 5.32 Å². The first kappa shape index (κ1) is 14.9. The van der Waals surface area contributed by atoms with Crippen LogP contribution in [0.2, 0.25) is 0 Å². The van der Waals surface area contributed by atoms with Gasteiger partial charge in [-0.1, -0.05) is 26.0 Å². The predicted molar refractivity (Wildman–Crippen MR) is 76.0 cm³/mol. The Morgan fingerprint density at radius 3 is 2.56 bits per heavy atom. The number of carbonyl (C=O) groups is 1. The maximum atomic E-state index is 12.0. The van der Waals surface area contributed by atoms with Crippen molar-refractivity contribution in [1.29, 1.82) is 0 Å². The van der Waals surface area contributed by atoms with Gasteiger partial charge in [-0.3, -0.25) is 9.00 Å². The van der Waals surface area contributed by atoms with Gasteiger partial charge in [0.05, 0.1) is 0 Å². The molecule has 0 heterocycles. The molecule has 0 spiro atoms. The summed E-state index contributed by atoms with van der Waals surface area (Å²) in [6, 6.07) is 7.46. The molecule has 0 saturated carbocycles. The number of hydrogen-bond donors (Lipinski definition) is 1. The van der Waals surface area contributed by atoms with Gasteiger partial charge in [0.25, 0.3) is 5.91 Å². The first-order valence-electron chi connectivity index (χ1n) is 6.10. The van der Waals surface area contributed by atoms with Crippen molar-refractivity contribution in [3.63, 3.8) is 0 Å². The minimum Gasteiger partial charge on any atom is -0.349 e. The lowest BCUT2D eigenvalue weighted by molar-refractivity contribution is 0.0930. The topological polar surface area (TPSA) is 46.2 Å². The second-order valence-corrected chi connectivity index (χ2v) is 6.36. The lowest BCUT2D eigenvalue weighted by atomic mass is 10.1. The van der Waals surface area contributed by atoms with Gasteiger partial charge in [-0.05, 0) is 30.5 Å². The van der Waals surface area contributed by atoms with Crippen LogP contribution in [0.15, 0.2) is 24.3 Å². The van der Waals surface area contributed by atoms with Crippen LogP contribution in [0.25, 0.3) is 0 Å². The number of amides is 1. The second-order valence-electron chi connectivity index (χ2n) is 4.92. The predicted octanol–water partition coefficient (Wildman–Crippen LogP) is 2.34. The summed E-state index contributed by atoms with van der Waals surface area (Å²) in [7, 11) is -0.888. The van der Waals surface area contributed by atoms with Crippen LogP contribution < -0.4 is 5.32 Å². The largest absolute Gasteiger partial charge is 0.349 e. The third-order valence-corrected chi connectivity index (χ3v) is 3.66.